The van der Waals surface area contributed by atoms with E-state index in [2.05, 4.69) is 15.9 Å². The number of rotatable bonds is 3. The van der Waals surface area contributed by atoms with Crippen molar-refractivity contribution in [2.24, 2.45) is 0 Å². The molecule has 96 valence electrons. The number of ether oxygens (including phenoxy) is 1. The molecule has 2 nitrogen and oxygen atoms in total. The van der Waals surface area contributed by atoms with Crippen molar-refractivity contribution in [3.63, 3.8) is 0 Å². The number of nitrogens with zero attached hydrogens (tertiary/aromatic N) is 1. The molecule has 0 fully saturated rings. The highest BCUT2D eigenvalue weighted by molar-refractivity contribution is 9.10. The second kappa shape index (κ2) is 6.09. The second-order valence-electron chi connectivity index (χ2n) is 3.63. The monoisotopic (exact) mass is 337 g/mol. The minimum Gasteiger partial charge on any atom is -0.497 e. The van der Waals surface area contributed by atoms with E-state index in [1.165, 1.54) is 11.8 Å². The third-order valence-corrected chi connectivity index (χ3v) is 4.24. The molecule has 0 heterocycles. The van der Waals surface area contributed by atoms with Crippen molar-refractivity contribution >= 4 is 27.7 Å². The Hall–Kier alpha value is -1.51. The average Bonchev–Trinajstić information content (AvgIpc) is 2.44. The summed E-state index contributed by atoms with van der Waals surface area (Å²) in [6, 6.07) is 12.5. The lowest BCUT2D eigenvalue weighted by atomic mass is 10.2. The smallest absolute Gasteiger partial charge is 0.152 e. The van der Waals surface area contributed by atoms with Crippen molar-refractivity contribution in [1.29, 1.82) is 5.26 Å². The van der Waals surface area contributed by atoms with E-state index < -0.39 is 5.82 Å². The van der Waals surface area contributed by atoms with Gasteiger partial charge in [-0.3, -0.25) is 0 Å². The van der Waals surface area contributed by atoms with E-state index in [9.17, 15) is 4.39 Å². The minimum absolute atomic E-state index is 0.197. The summed E-state index contributed by atoms with van der Waals surface area (Å²) in [6.45, 7) is 0. The Balaban J connectivity index is 2.34. The highest BCUT2D eigenvalue weighted by atomic mass is 79.9. The van der Waals surface area contributed by atoms with Crippen LogP contribution in [0.1, 0.15) is 5.56 Å². The standard InChI is InChI=1S/C14H9BrFNOS/c1-18-10-3-2-4-11(7-10)19-12-6-5-9(8-17)13(15)14(12)16/h2-7H,1H3. The fourth-order valence-corrected chi connectivity index (χ4v) is 2.96. The molecule has 0 saturated carbocycles. The molecule has 0 unspecified atom stereocenters. The largest absolute Gasteiger partial charge is 0.497 e. The number of hydrogen-bond donors (Lipinski definition) is 0. The molecule has 0 amide bonds. The van der Waals surface area contributed by atoms with Crippen LogP contribution < -0.4 is 4.74 Å². The fraction of sp³-hybridized carbons (Fsp3) is 0.0714. The average molecular weight is 338 g/mol. The van der Waals surface area contributed by atoms with Gasteiger partial charge in [-0.1, -0.05) is 17.8 Å². The van der Waals surface area contributed by atoms with Gasteiger partial charge < -0.3 is 4.74 Å². The number of hydrogen-bond acceptors (Lipinski definition) is 3. The van der Waals surface area contributed by atoms with E-state index in [-0.39, 0.29) is 10.0 Å². The first kappa shape index (κ1) is 13.9. The van der Waals surface area contributed by atoms with E-state index in [0.29, 0.717) is 4.90 Å². The van der Waals surface area contributed by atoms with Gasteiger partial charge in [0.25, 0.3) is 0 Å². The molecule has 0 bridgehead atoms. The van der Waals surface area contributed by atoms with Crippen LogP contribution in [-0.2, 0) is 0 Å². The van der Waals surface area contributed by atoms with Gasteiger partial charge in [0.1, 0.15) is 11.8 Å². The van der Waals surface area contributed by atoms with Gasteiger partial charge in [-0.15, -0.1) is 0 Å². The van der Waals surface area contributed by atoms with Crippen LogP contribution in [0, 0.1) is 17.1 Å². The van der Waals surface area contributed by atoms with Gasteiger partial charge in [-0.25, -0.2) is 4.39 Å². The van der Waals surface area contributed by atoms with Crippen LogP contribution in [0.15, 0.2) is 50.7 Å². The number of nitriles is 1. The third kappa shape index (κ3) is 3.09. The van der Waals surface area contributed by atoms with Gasteiger partial charge in [0, 0.05) is 9.79 Å². The molecule has 0 saturated heterocycles. The summed E-state index contributed by atoms with van der Waals surface area (Å²) in [5.41, 5.74) is 0.285. The summed E-state index contributed by atoms with van der Waals surface area (Å²) in [4.78, 5) is 1.33. The van der Waals surface area contributed by atoms with E-state index in [0.717, 1.165) is 10.6 Å². The lowest BCUT2D eigenvalue weighted by molar-refractivity contribution is 0.413. The maximum Gasteiger partial charge on any atom is 0.152 e. The SMILES string of the molecule is COc1cccc(Sc2ccc(C#N)c(Br)c2F)c1. The highest BCUT2D eigenvalue weighted by Crippen LogP contribution is 2.35. The maximum atomic E-state index is 14.1. The van der Waals surface area contributed by atoms with Crippen molar-refractivity contribution in [2.75, 3.05) is 7.11 Å². The van der Waals surface area contributed by atoms with E-state index in [4.69, 9.17) is 10.00 Å². The topological polar surface area (TPSA) is 33.0 Å². The van der Waals surface area contributed by atoms with E-state index >= 15 is 0 Å². The molecule has 0 radical (unpaired) electrons. The van der Waals surface area contributed by atoms with Gasteiger partial charge in [-0.05, 0) is 46.3 Å². The molecule has 0 N–H and O–H groups in total. The molecule has 0 aliphatic rings. The van der Waals surface area contributed by atoms with Crippen molar-refractivity contribution in [3.05, 3.63) is 52.3 Å². The first-order valence-electron chi connectivity index (χ1n) is 5.35. The highest BCUT2D eigenvalue weighted by Gasteiger charge is 2.12. The first-order chi connectivity index (χ1) is 9.15. The van der Waals surface area contributed by atoms with Gasteiger partial charge in [0.2, 0.25) is 0 Å². The fourth-order valence-electron chi connectivity index (χ4n) is 1.49. The van der Waals surface area contributed by atoms with Crippen LogP contribution in [-0.4, -0.2) is 7.11 Å². The molecule has 19 heavy (non-hydrogen) atoms. The van der Waals surface area contributed by atoms with E-state index in [1.54, 1.807) is 19.2 Å². The Morgan fingerprint density at radius 2 is 2.11 bits per heavy atom. The van der Waals surface area contributed by atoms with Crippen molar-refractivity contribution < 1.29 is 9.13 Å². The third-order valence-electron chi connectivity index (χ3n) is 2.44. The molecular weight excluding hydrogens is 329 g/mol. The molecule has 2 aromatic carbocycles. The summed E-state index contributed by atoms with van der Waals surface area (Å²) in [5.74, 6) is 0.296. The predicted molar refractivity (Wildman–Crippen MR) is 75.9 cm³/mol. The van der Waals surface area contributed by atoms with Gasteiger partial charge in [0.15, 0.2) is 5.82 Å². The molecule has 0 aliphatic carbocycles. The quantitative estimate of drug-likeness (QED) is 0.819. The zero-order chi connectivity index (χ0) is 13.8. The molecule has 0 atom stereocenters. The van der Waals surface area contributed by atoms with Gasteiger partial charge in [-0.2, -0.15) is 5.26 Å². The molecule has 2 aromatic rings. The van der Waals surface area contributed by atoms with E-state index in [1.807, 2.05) is 30.3 Å². The molecular formula is C14H9BrFNOS. The van der Waals surface area contributed by atoms with Crippen LogP contribution in [0.5, 0.6) is 5.75 Å². The zero-order valence-corrected chi connectivity index (χ0v) is 12.4. The molecule has 0 aliphatic heterocycles. The summed E-state index contributed by atoms with van der Waals surface area (Å²) >= 11 is 4.38. The van der Waals surface area contributed by atoms with Crippen molar-refractivity contribution in [3.8, 4) is 11.8 Å². The molecule has 0 aromatic heterocycles. The molecule has 0 spiro atoms. The molecule has 2 rings (SSSR count). The molecule has 5 heteroatoms. The Kier molecular flexibility index (Phi) is 4.46. The van der Waals surface area contributed by atoms with Crippen molar-refractivity contribution in [2.45, 2.75) is 9.79 Å². The lowest BCUT2D eigenvalue weighted by Gasteiger charge is -2.07. The van der Waals surface area contributed by atoms with Crippen LogP contribution in [0.2, 0.25) is 0 Å². The minimum atomic E-state index is -0.424. The first-order valence-corrected chi connectivity index (χ1v) is 6.96. The van der Waals surface area contributed by atoms with Crippen LogP contribution in [0.4, 0.5) is 4.39 Å². The number of halogens is 2. The normalized spacial score (nSPS) is 10.0. The van der Waals surface area contributed by atoms with Crippen LogP contribution in [0.3, 0.4) is 0 Å². The second-order valence-corrected chi connectivity index (χ2v) is 5.54. The zero-order valence-electron chi connectivity index (χ0n) is 9.98. The van der Waals surface area contributed by atoms with Crippen LogP contribution in [0.25, 0.3) is 0 Å². The lowest BCUT2D eigenvalue weighted by Crippen LogP contribution is -1.88. The Morgan fingerprint density at radius 3 is 2.79 bits per heavy atom. The number of benzene rings is 2. The van der Waals surface area contributed by atoms with Gasteiger partial charge >= 0.3 is 0 Å². The predicted octanol–water partition coefficient (Wildman–Crippen LogP) is 4.62. The van der Waals surface area contributed by atoms with Crippen LogP contribution >= 0.6 is 27.7 Å². The maximum absolute atomic E-state index is 14.1. The summed E-state index contributed by atoms with van der Waals surface area (Å²) in [5, 5.41) is 8.82. The summed E-state index contributed by atoms with van der Waals surface area (Å²) in [6.07, 6.45) is 0. The van der Waals surface area contributed by atoms with Gasteiger partial charge in [0.05, 0.1) is 17.1 Å². The summed E-state index contributed by atoms with van der Waals surface area (Å²) in [7, 11) is 1.59. The Morgan fingerprint density at radius 1 is 1.32 bits per heavy atom. The van der Waals surface area contributed by atoms with Crippen molar-refractivity contribution in [1.82, 2.24) is 0 Å². The summed E-state index contributed by atoms with van der Waals surface area (Å²) < 4.78 is 19.4. The number of methoxy groups -OCH3 is 1. The Bertz CT molecular complexity index is 654. The Labute approximate surface area is 123 Å².